The molecule has 2 aromatic rings. The number of halogens is 7. The number of anilines is 1. The predicted molar refractivity (Wildman–Crippen MR) is 124 cm³/mol. The van der Waals surface area contributed by atoms with Gasteiger partial charge >= 0.3 is 0 Å². The summed E-state index contributed by atoms with van der Waals surface area (Å²) in [5.74, 6) is -5.11. The maximum absolute atomic E-state index is 13.0. The van der Waals surface area contributed by atoms with Gasteiger partial charge in [-0.05, 0) is 41.8 Å². The number of ketones is 1. The lowest BCUT2D eigenvalue weighted by Crippen LogP contribution is -2.36. The van der Waals surface area contributed by atoms with Gasteiger partial charge in [-0.25, -0.2) is 8.78 Å². The molecular formula is C22H16Cl5F2NO2. The summed E-state index contributed by atoms with van der Waals surface area (Å²) in [5.41, 5.74) is 1.17. The van der Waals surface area contributed by atoms with Crippen molar-refractivity contribution in [3.63, 3.8) is 0 Å². The topological polar surface area (TPSA) is 46.2 Å². The molecule has 0 aromatic heterocycles. The summed E-state index contributed by atoms with van der Waals surface area (Å²) in [6.07, 6.45) is -0.641. The van der Waals surface area contributed by atoms with E-state index in [0.717, 1.165) is 0 Å². The lowest BCUT2D eigenvalue weighted by Gasteiger charge is -2.34. The van der Waals surface area contributed by atoms with Gasteiger partial charge < -0.3 is 5.32 Å². The molecule has 0 radical (unpaired) electrons. The Hall–Kier alpha value is -1.11. The Bertz CT molecular complexity index is 1100. The van der Waals surface area contributed by atoms with Crippen molar-refractivity contribution in [2.75, 3.05) is 5.32 Å². The molecule has 0 bridgehead atoms. The summed E-state index contributed by atoms with van der Waals surface area (Å²) < 4.78 is 24.8. The van der Waals surface area contributed by atoms with Gasteiger partial charge in [-0.15, -0.1) is 23.2 Å². The van der Waals surface area contributed by atoms with Gasteiger partial charge in [0.15, 0.2) is 5.78 Å². The van der Waals surface area contributed by atoms with Crippen LogP contribution in [-0.2, 0) is 4.79 Å². The lowest BCUT2D eigenvalue weighted by molar-refractivity contribution is -0.117. The van der Waals surface area contributed by atoms with Crippen LogP contribution in [-0.4, -0.2) is 21.9 Å². The minimum absolute atomic E-state index is 0.0266. The van der Waals surface area contributed by atoms with Gasteiger partial charge in [0.05, 0.1) is 21.0 Å². The first kappa shape index (κ1) is 24.0. The molecule has 1 amide bonds. The standard InChI is InChI=1S/C22H16Cl5F2NO2/c23-14-4-2-12(7-13(14)17(31)5-10-8-21(28,29)9-10)30-20(32)19-18(22(19,26)27)11-1-3-15(24)16(25)6-11/h1-4,6-7,10,18-19H,5,8-9H2,(H,30,32). The molecule has 2 atom stereocenters. The van der Waals surface area contributed by atoms with Crippen LogP contribution in [0.15, 0.2) is 36.4 Å². The largest absolute Gasteiger partial charge is 0.326 e. The van der Waals surface area contributed by atoms with Gasteiger partial charge in [0, 0.05) is 36.4 Å². The number of hydrogen-bond donors (Lipinski definition) is 1. The smallest absolute Gasteiger partial charge is 0.248 e. The molecule has 0 saturated heterocycles. The van der Waals surface area contributed by atoms with Crippen molar-refractivity contribution in [3.8, 4) is 0 Å². The van der Waals surface area contributed by atoms with Crippen LogP contribution in [0, 0.1) is 11.8 Å². The van der Waals surface area contributed by atoms with Crippen molar-refractivity contribution in [2.24, 2.45) is 11.8 Å². The molecule has 4 rings (SSSR count). The van der Waals surface area contributed by atoms with E-state index in [0.29, 0.717) is 21.3 Å². The Labute approximate surface area is 208 Å². The average Bonchev–Trinajstić information content (AvgIpc) is 3.26. The third kappa shape index (κ3) is 4.74. The van der Waals surface area contributed by atoms with Crippen LogP contribution >= 0.6 is 58.0 Å². The number of rotatable bonds is 6. The molecule has 2 aliphatic carbocycles. The number of hydrogen-bond acceptors (Lipinski definition) is 2. The van der Waals surface area contributed by atoms with Crippen LogP contribution < -0.4 is 5.32 Å². The number of nitrogens with one attached hydrogen (secondary N) is 1. The van der Waals surface area contributed by atoms with Crippen molar-refractivity contribution < 1.29 is 18.4 Å². The number of amides is 1. The van der Waals surface area contributed by atoms with Crippen molar-refractivity contribution in [1.82, 2.24) is 0 Å². The normalized spacial score (nSPS) is 23.3. The number of alkyl halides is 4. The van der Waals surface area contributed by atoms with E-state index < -0.39 is 28.0 Å². The molecule has 170 valence electrons. The van der Waals surface area contributed by atoms with E-state index in [4.69, 9.17) is 58.0 Å². The predicted octanol–water partition coefficient (Wildman–Crippen LogP) is 7.79. The second-order valence-corrected chi connectivity index (χ2v) is 10.9. The second kappa shape index (κ2) is 8.59. The Morgan fingerprint density at radius 3 is 2.25 bits per heavy atom. The van der Waals surface area contributed by atoms with Gasteiger partial charge in [-0.2, -0.15) is 0 Å². The van der Waals surface area contributed by atoms with Gasteiger partial charge in [-0.3, -0.25) is 9.59 Å². The molecule has 2 aromatic carbocycles. The number of carbonyl (C=O) groups excluding carboxylic acids is 2. The van der Waals surface area contributed by atoms with Crippen molar-refractivity contribution in [2.45, 2.75) is 35.4 Å². The first-order valence-electron chi connectivity index (χ1n) is 9.73. The van der Waals surface area contributed by atoms with E-state index in [2.05, 4.69) is 5.32 Å². The molecule has 32 heavy (non-hydrogen) atoms. The molecule has 10 heteroatoms. The van der Waals surface area contributed by atoms with Crippen LogP contribution in [0.25, 0.3) is 0 Å². The van der Waals surface area contributed by atoms with Gasteiger partial charge in [0.1, 0.15) is 4.33 Å². The zero-order valence-corrected chi connectivity index (χ0v) is 20.1. The van der Waals surface area contributed by atoms with E-state index >= 15 is 0 Å². The van der Waals surface area contributed by atoms with Crippen LogP contribution in [0.4, 0.5) is 14.5 Å². The third-order valence-electron chi connectivity index (χ3n) is 5.82. The lowest BCUT2D eigenvalue weighted by atomic mass is 9.77. The molecule has 0 spiro atoms. The van der Waals surface area contributed by atoms with E-state index in [1.165, 1.54) is 18.2 Å². The molecule has 0 heterocycles. The van der Waals surface area contributed by atoms with E-state index in [1.54, 1.807) is 18.2 Å². The first-order chi connectivity index (χ1) is 14.9. The maximum atomic E-state index is 13.0. The van der Waals surface area contributed by atoms with E-state index in [-0.39, 0.29) is 41.5 Å². The fraction of sp³-hybridized carbons (Fsp3) is 0.364. The minimum Gasteiger partial charge on any atom is -0.326 e. The van der Waals surface area contributed by atoms with Crippen molar-refractivity contribution in [3.05, 3.63) is 62.6 Å². The quantitative estimate of drug-likeness (QED) is 0.300. The summed E-state index contributed by atoms with van der Waals surface area (Å²) in [6.45, 7) is 0. The molecular weight excluding hydrogens is 526 g/mol. The SMILES string of the molecule is O=C(CC1CC(F)(F)C1)c1cc(NC(=O)C2C(c3ccc(Cl)c(Cl)c3)C2(Cl)Cl)ccc1Cl. The first-order valence-corrected chi connectivity index (χ1v) is 11.6. The van der Waals surface area contributed by atoms with Gasteiger partial charge in [-0.1, -0.05) is 40.9 Å². The highest BCUT2D eigenvalue weighted by molar-refractivity contribution is 6.53. The van der Waals surface area contributed by atoms with Crippen LogP contribution in [0.2, 0.25) is 15.1 Å². The molecule has 2 unspecified atom stereocenters. The second-order valence-electron chi connectivity index (χ2n) is 8.24. The minimum atomic E-state index is -2.70. The molecule has 1 N–H and O–H groups in total. The molecule has 2 saturated carbocycles. The Balaban J connectivity index is 1.46. The highest BCUT2D eigenvalue weighted by Gasteiger charge is 2.67. The fourth-order valence-electron chi connectivity index (χ4n) is 4.11. The van der Waals surface area contributed by atoms with Crippen LogP contribution in [0.1, 0.15) is 41.1 Å². The highest BCUT2D eigenvalue weighted by atomic mass is 35.5. The van der Waals surface area contributed by atoms with Crippen molar-refractivity contribution >= 4 is 75.4 Å². The van der Waals surface area contributed by atoms with Crippen LogP contribution in [0.3, 0.4) is 0 Å². The monoisotopic (exact) mass is 539 g/mol. The summed E-state index contributed by atoms with van der Waals surface area (Å²) in [7, 11) is 0. The molecule has 0 aliphatic heterocycles. The molecule has 2 fully saturated rings. The fourth-order valence-corrected chi connectivity index (χ4v) is 5.47. The summed E-state index contributed by atoms with van der Waals surface area (Å²) in [6, 6.07) is 9.36. The Kier molecular flexibility index (Phi) is 6.45. The zero-order chi connectivity index (χ0) is 23.4. The maximum Gasteiger partial charge on any atom is 0.248 e. The number of Topliss-reactive ketones (excluding diaryl/α,β-unsaturated/α-hetero) is 1. The highest BCUT2D eigenvalue weighted by Crippen LogP contribution is 2.65. The Morgan fingerprint density at radius 1 is 0.969 bits per heavy atom. The number of carbonyl (C=O) groups is 2. The third-order valence-corrected chi connectivity index (χ3v) is 7.83. The molecule has 3 nitrogen and oxygen atoms in total. The Morgan fingerprint density at radius 2 is 1.62 bits per heavy atom. The summed E-state index contributed by atoms with van der Waals surface area (Å²) in [5, 5.41) is 3.58. The summed E-state index contributed by atoms with van der Waals surface area (Å²) >= 11 is 30.9. The zero-order valence-electron chi connectivity index (χ0n) is 16.3. The average molecular weight is 542 g/mol. The van der Waals surface area contributed by atoms with Crippen LogP contribution in [0.5, 0.6) is 0 Å². The van der Waals surface area contributed by atoms with E-state index in [1.807, 2.05) is 0 Å². The van der Waals surface area contributed by atoms with Gasteiger partial charge in [0.2, 0.25) is 11.8 Å². The van der Waals surface area contributed by atoms with E-state index in [9.17, 15) is 18.4 Å². The van der Waals surface area contributed by atoms with Crippen molar-refractivity contribution in [1.29, 1.82) is 0 Å². The summed E-state index contributed by atoms with van der Waals surface area (Å²) in [4.78, 5) is 25.4. The van der Waals surface area contributed by atoms with Gasteiger partial charge in [0.25, 0.3) is 0 Å². The number of benzene rings is 2. The molecule has 2 aliphatic rings.